The lowest BCUT2D eigenvalue weighted by Gasteiger charge is -2.24. The third kappa shape index (κ3) is 4.28. The Bertz CT molecular complexity index is 661. The fraction of sp³-hybridized carbons (Fsp3) is 0.316. The zero-order valence-electron chi connectivity index (χ0n) is 13.7. The maximum Gasteiger partial charge on any atom is 0.233 e. The third-order valence-corrected chi connectivity index (χ3v) is 5.94. The van der Waals surface area contributed by atoms with Crippen LogP contribution in [0.2, 0.25) is 0 Å². The molecule has 2 aromatic rings. The molecule has 1 aliphatic rings. The first kappa shape index (κ1) is 17.2. The van der Waals surface area contributed by atoms with Crippen LogP contribution >= 0.6 is 23.5 Å². The minimum absolute atomic E-state index is 0.0950. The van der Waals surface area contributed by atoms with Crippen LogP contribution in [0.1, 0.15) is 17.9 Å². The van der Waals surface area contributed by atoms with Gasteiger partial charge in [-0.25, -0.2) is 0 Å². The minimum atomic E-state index is 0.0950. The van der Waals surface area contributed by atoms with E-state index in [4.69, 9.17) is 4.74 Å². The van der Waals surface area contributed by atoms with Gasteiger partial charge in [0, 0.05) is 4.90 Å². The van der Waals surface area contributed by atoms with E-state index >= 15 is 0 Å². The summed E-state index contributed by atoms with van der Waals surface area (Å²) in [5.41, 5.74) is 1.19. The van der Waals surface area contributed by atoms with Gasteiger partial charge in [-0.1, -0.05) is 37.3 Å². The van der Waals surface area contributed by atoms with Crippen LogP contribution in [0.25, 0.3) is 0 Å². The standard InChI is InChI=1S/C19H21NO2S2/c1-2-23-17-10-8-15(9-11-17)19-20(18(21)14-24-19)12-13-22-16-6-4-3-5-7-16/h3-11,19H,2,12-14H2,1H3. The molecule has 1 heterocycles. The number of hydrogen-bond acceptors (Lipinski definition) is 4. The van der Waals surface area contributed by atoms with Crippen molar-refractivity contribution in [1.82, 2.24) is 4.90 Å². The van der Waals surface area contributed by atoms with Crippen LogP contribution in [-0.2, 0) is 4.79 Å². The van der Waals surface area contributed by atoms with Crippen LogP contribution in [-0.4, -0.2) is 35.5 Å². The van der Waals surface area contributed by atoms with E-state index in [-0.39, 0.29) is 11.3 Å². The fourth-order valence-electron chi connectivity index (χ4n) is 2.65. The number of thioether (sulfide) groups is 2. The Kier molecular flexibility index (Phi) is 6.10. The van der Waals surface area contributed by atoms with E-state index in [0.717, 1.165) is 11.5 Å². The van der Waals surface area contributed by atoms with Crippen molar-refractivity contribution >= 4 is 29.4 Å². The van der Waals surface area contributed by atoms with Crippen LogP contribution in [0.4, 0.5) is 0 Å². The molecular formula is C19H21NO2S2. The molecule has 0 aromatic heterocycles. The molecule has 0 saturated carbocycles. The second kappa shape index (κ2) is 8.49. The normalized spacial score (nSPS) is 17.3. The highest BCUT2D eigenvalue weighted by Gasteiger charge is 2.32. The van der Waals surface area contributed by atoms with Gasteiger partial charge in [-0.3, -0.25) is 4.79 Å². The monoisotopic (exact) mass is 359 g/mol. The van der Waals surface area contributed by atoms with Crippen molar-refractivity contribution in [1.29, 1.82) is 0 Å². The smallest absolute Gasteiger partial charge is 0.233 e. The SMILES string of the molecule is CCSc1ccc(C2SCC(=O)N2CCOc2ccccc2)cc1. The molecule has 3 rings (SSSR count). The van der Waals surface area contributed by atoms with E-state index in [1.807, 2.05) is 47.0 Å². The summed E-state index contributed by atoms with van der Waals surface area (Å²) >= 11 is 3.52. The first-order valence-electron chi connectivity index (χ1n) is 8.09. The molecule has 0 aliphatic carbocycles. The molecule has 5 heteroatoms. The molecule has 24 heavy (non-hydrogen) atoms. The predicted octanol–water partition coefficient (Wildman–Crippen LogP) is 4.45. The van der Waals surface area contributed by atoms with Crippen molar-refractivity contribution in [2.24, 2.45) is 0 Å². The highest BCUT2D eigenvalue weighted by atomic mass is 32.2. The predicted molar refractivity (Wildman–Crippen MR) is 102 cm³/mol. The van der Waals surface area contributed by atoms with Gasteiger partial charge in [0.25, 0.3) is 0 Å². The van der Waals surface area contributed by atoms with Gasteiger partial charge in [-0.15, -0.1) is 23.5 Å². The molecule has 1 aliphatic heterocycles. The number of hydrogen-bond donors (Lipinski definition) is 0. The second-order valence-corrected chi connectivity index (χ2v) is 7.82. The Morgan fingerprint density at radius 1 is 1.17 bits per heavy atom. The average molecular weight is 360 g/mol. The lowest BCUT2D eigenvalue weighted by molar-refractivity contribution is -0.128. The van der Waals surface area contributed by atoms with Crippen LogP contribution in [0.15, 0.2) is 59.5 Å². The van der Waals surface area contributed by atoms with Gasteiger partial charge in [0.1, 0.15) is 17.7 Å². The largest absolute Gasteiger partial charge is 0.492 e. The zero-order valence-corrected chi connectivity index (χ0v) is 15.3. The number of para-hydroxylation sites is 1. The maximum absolute atomic E-state index is 12.2. The summed E-state index contributed by atoms with van der Waals surface area (Å²) in [6.07, 6.45) is 0. The lowest BCUT2D eigenvalue weighted by atomic mass is 10.2. The molecule has 0 radical (unpaired) electrons. The van der Waals surface area contributed by atoms with Crippen molar-refractivity contribution in [2.45, 2.75) is 17.2 Å². The van der Waals surface area contributed by atoms with E-state index in [2.05, 4.69) is 31.2 Å². The van der Waals surface area contributed by atoms with Crippen LogP contribution in [0.3, 0.4) is 0 Å². The van der Waals surface area contributed by atoms with Crippen molar-refractivity contribution < 1.29 is 9.53 Å². The number of carbonyl (C=O) groups is 1. The van der Waals surface area contributed by atoms with E-state index in [1.165, 1.54) is 10.5 Å². The summed E-state index contributed by atoms with van der Waals surface area (Å²) in [6.45, 7) is 3.27. The molecule has 3 nitrogen and oxygen atoms in total. The molecule has 2 aromatic carbocycles. The van der Waals surface area contributed by atoms with Gasteiger partial charge in [0.05, 0.1) is 12.3 Å². The summed E-state index contributed by atoms with van der Waals surface area (Å²) in [6, 6.07) is 18.3. The maximum atomic E-state index is 12.2. The third-order valence-electron chi connectivity index (χ3n) is 3.79. The number of amides is 1. The Labute approximate surface area is 151 Å². The Morgan fingerprint density at radius 3 is 2.62 bits per heavy atom. The van der Waals surface area contributed by atoms with Gasteiger partial charge in [-0.05, 0) is 35.6 Å². The molecule has 1 fully saturated rings. The van der Waals surface area contributed by atoms with E-state index < -0.39 is 0 Å². The van der Waals surface area contributed by atoms with E-state index in [9.17, 15) is 4.79 Å². The number of rotatable bonds is 7. The topological polar surface area (TPSA) is 29.5 Å². The molecule has 1 atom stereocenters. The molecule has 0 spiro atoms. The number of ether oxygens (including phenoxy) is 1. The van der Waals surface area contributed by atoms with E-state index in [0.29, 0.717) is 18.9 Å². The summed E-state index contributed by atoms with van der Waals surface area (Å²) < 4.78 is 5.75. The van der Waals surface area contributed by atoms with Gasteiger partial charge in [0.15, 0.2) is 0 Å². The summed E-state index contributed by atoms with van der Waals surface area (Å²) in [7, 11) is 0. The van der Waals surface area contributed by atoms with Gasteiger partial charge in [0.2, 0.25) is 5.91 Å². The highest BCUT2D eigenvalue weighted by molar-refractivity contribution is 8.00. The van der Waals surface area contributed by atoms with Crippen molar-refractivity contribution in [3.05, 3.63) is 60.2 Å². The molecule has 0 N–H and O–H groups in total. The summed E-state index contributed by atoms with van der Waals surface area (Å²) in [5.74, 6) is 2.64. The van der Waals surface area contributed by atoms with Crippen molar-refractivity contribution in [3.8, 4) is 5.75 Å². The quantitative estimate of drug-likeness (QED) is 0.683. The Balaban J connectivity index is 1.61. The van der Waals surface area contributed by atoms with Crippen LogP contribution < -0.4 is 4.74 Å². The van der Waals surface area contributed by atoms with Gasteiger partial charge >= 0.3 is 0 Å². The number of carbonyl (C=O) groups excluding carboxylic acids is 1. The van der Waals surface area contributed by atoms with Crippen LogP contribution in [0.5, 0.6) is 5.75 Å². The van der Waals surface area contributed by atoms with Gasteiger partial charge < -0.3 is 9.64 Å². The summed E-state index contributed by atoms with van der Waals surface area (Å²) in [5, 5.41) is 0.0950. The molecule has 0 bridgehead atoms. The molecule has 1 amide bonds. The molecule has 126 valence electrons. The van der Waals surface area contributed by atoms with Crippen molar-refractivity contribution in [3.63, 3.8) is 0 Å². The first-order chi connectivity index (χ1) is 11.8. The second-order valence-electron chi connectivity index (χ2n) is 5.41. The minimum Gasteiger partial charge on any atom is -0.492 e. The van der Waals surface area contributed by atoms with E-state index in [1.54, 1.807) is 11.8 Å². The van der Waals surface area contributed by atoms with Gasteiger partial charge in [-0.2, -0.15) is 0 Å². The van der Waals surface area contributed by atoms with Crippen molar-refractivity contribution in [2.75, 3.05) is 24.7 Å². The molecular weight excluding hydrogens is 338 g/mol. The first-order valence-corrected chi connectivity index (χ1v) is 10.1. The Hall–Kier alpha value is -1.59. The number of benzene rings is 2. The fourth-order valence-corrected chi connectivity index (χ4v) is 4.53. The zero-order chi connectivity index (χ0) is 16.8. The molecule has 1 unspecified atom stereocenters. The Morgan fingerprint density at radius 2 is 1.92 bits per heavy atom. The molecule has 1 saturated heterocycles. The summed E-state index contributed by atoms with van der Waals surface area (Å²) in [4.78, 5) is 15.4. The van der Waals surface area contributed by atoms with Crippen LogP contribution in [0, 0.1) is 0 Å². The number of nitrogens with zero attached hydrogens (tertiary/aromatic N) is 1. The average Bonchev–Trinajstić information content (AvgIpc) is 2.98. The lowest BCUT2D eigenvalue weighted by Crippen LogP contribution is -2.32. The highest BCUT2D eigenvalue weighted by Crippen LogP contribution is 2.38.